The first-order chi connectivity index (χ1) is 13.1. The molecule has 0 atom stereocenters. The molecule has 2 aromatic heterocycles. The summed E-state index contributed by atoms with van der Waals surface area (Å²) in [4.78, 5) is 31.1. The second kappa shape index (κ2) is 8.77. The Bertz CT molecular complexity index is 967. The minimum absolute atomic E-state index is 0.0491. The molecule has 3 rings (SSSR count). The number of nitrogens with one attached hydrogen (secondary N) is 1. The van der Waals surface area contributed by atoms with E-state index in [1.807, 2.05) is 30.3 Å². The number of anilines is 1. The van der Waals surface area contributed by atoms with Crippen LogP contribution in [-0.4, -0.2) is 39.0 Å². The van der Waals surface area contributed by atoms with Crippen molar-refractivity contribution in [3.8, 4) is 0 Å². The summed E-state index contributed by atoms with van der Waals surface area (Å²) in [6, 6.07) is 11.4. The normalized spacial score (nSPS) is 10.9. The number of hydrogen-bond donors (Lipinski definition) is 1. The minimum atomic E-state index is -0.175. The van der Waals surface area contributed by atoms with Crippen molar-refractivity contribution in [2.24, 2.45) is 0 Å². The van der Waals surface area contributed by atoms with Crippen molar-refractivity contribution in [1.82, 2.24) is 19.5 Å². The minimum Gasteiger partial charge on any atom is -0.360 e. The number of aromatic nitrogens is 3. The summed E-state index contributed by atoms with van der Waals surface area (Å²) in [7, 11) is 1.80. The van der Waals surface area contributed by atoms with Crippen LogP contribution in [0.3, 0.4) is 0 Å². The number of carbonyl (C=O) groups excluding carboxylic acids is 1. The molecule has 1 N–H and O–H groups in total. The molecule has 0 saturated heterocycles. The molecule has 2 heterocycles. The molecule has 0 saturated carbocycles. The molecule has 1 aromatic carbocycles. The van der Waals surface area contributed by atoms with Gasteiger partial charge < -0.3 is 10.2 Å². The van der Waals surface area contributed by atoms with Crippen LogP contribution < -0.4 is 10.9 Å². The maximum absolute atomic E-state index is 12.3. The van der Waals surface area contributed by atoms with Gasteiger partial charge in [-0.25, -0.2) is 4.98 Å². The van der Waals surface area contributed by atoms with Crippen LogP contribution in [0.1, 0.15) is 31.0 Å². The van der Waals surface area contributed by atoms with Gasteiger partial charge in [-0.3, -0.25) is 9.59 Å². The van der Waals surface area contributed by atoms with Gasteiger partial charge in [0.15, 0.2) is 0 Å². The lowest BCUT2D eigenvalue weighted by Crippen LogP contribution is -2.27. The number of carbonyl (C=O) groups is 1. The van der Waals surface area contributed by atoms with Gasteiger partial charge in [0.1, 0.15) is 0 Å². The van der Waals surface area contributed by atoms with Crippen molar-refractivity contribution < 1.29 is 4.79 Å². The molecule has 0 unspecified atom stereocenters. The summed E-state index contributed by atoms with van der Waals surface area (Å²) in [5, 5.41) is 7.96. The Morgan fingerprint density at radius 1 is 1.30 bits per heavy atom. The number of hydrogen-bond acceptors (Lipinski definition) is 6. The van der Waals surface area contributed by atoms with Gasteiger partial charge in [-0.05, 0) is 12.0 Å². The fourth-order valence-corrected chi connectivity index (χ4v) is 3.57. The van der Waals surface area contributed by atoms with Crippen LogP contribution in [0.15, 0.2) is 41.2 Å². The Balaban J connectivity index is 1.56. The van der Waals surface area contributed by atoms with Crippen LogP contribution in [-0.2, 0) is 17.8 Å². The third-order valence-electron chi connectivity index (χ3n) is 4.11. The average molecular weight is 385 g/mol. The lowest BCUT2D eigenvalue weighted by molar-refractivity contribution is -0.130. The van der Waals surface area contributed by atoms with Crippen molar-refractivity contribution in [2.45, 2.75) is 32.7 Å². The molecule has 3 aromatic rings. The second-order valence-corrected chi connectivity index (χ2v) is 7.31. The molecule has 7 nitrogen and oxygen atoms in total. The fourth-order valence-electron chi connectivity index (χ4n) is 2.72. The molecule has 0 spiro atoms. The van der Waals surface area contributed by atoms with E-state index in [1.54, 1.807) is 11.9 Å². The van der Waals surface area contributed by atoms with Crippen LogP contribution in [0.5, 0.6) is 0 Å². The van der Waals surface area contributed by atoms with Gasteiger partial charge in [0.05, 0.1) is 0 Å². The van der Waals surface area contributed by atoms with Crippen molar-refractivity contribution >= 4 is 27.3 Å². The smallest absolute Gasteiger partial charge is 0.275 e. The van der Waals surface area contributed by atoms with Crippen LogP contribution in [0.2, 0.25) is 0 Å². The Morgan fingerprint density at radius 2 is 2.07 bits per heavy atom. The molecule has 1 amide bonds. The predicted molar refractivity (Wildman–Crippen MR) is 107 cm³/mol. The SMILES string of the molecule is CCCc1cc(=O)n2nc(NCCC(=O)N(C)Cc3ccccc3)sc2n1. The lowest BCUT2D eigenvalue weighted by Gasteiger charge is -2.17. The average Bonchev–Trinajstić information content (AvgIpc) is 3.06. The summed E-state index contributed by atoms with van der Waals surface area (Å²) in [6.45, 7) is 3.09. The maximum atomic E-state index is 12.3. The standard InChI is InChI=1S/C19H23N5O2S/c1-3-7-15-12-17(26)24-19(21-15)27-18(22-24)20-11-10-16(25)23(2)13-14-8-5-4-6-9-14/h4-6,8-9,12H,3,7,10-11,13H2,1-2H3,(H,20,22). The van der Waals surface area contributed by atoms with Crippen molar-refractivity contribution in [2.75, 3.05) is 18.9 Å². The summed E-state index contributed by atoms with van der Waals surface area (Å²) >= 11 is 1.32. The largest absolute Gasteiger partial charge is 0.360 e. The van der Waals surface area contributed by atoms with Gasteiger partial charge in [0, 0.05) is 38.3 Å². The predicted octanol–water partition coefficient (Wildman–Crippen LogP) is 2.56. The first-order valence-electron chi connectivity index (χ1n) is 8.98. The second-order valence-electron chi connectivity index (χ2n) is 6.35. The van der Waals surface area contributed by atoms with E-state index in [2.05, 4.69) is 22.3 Å². The number of aryl methyl sites for hydroxylation is 1. The van der Waals surface area contributed by atoms with E-state index in [4.69, 9.17) is 0 Å². The molecule has 27 heavy (non-hydrogen) atoms. The van der Waals surface area contributed by atoms with E-state index < -0.39 is 0 Å². The third kappa shape index (κ3) is 4.91. The van der Waals surface area contributed by atoms with Gasteiger partial charge >= 0.3 is 0 Å². The Morgan fingerprint density at radius 3 is 2.81 bits per heavy atom. The van der Waals surface area contributed by atoms with Gasteiger partial charge in [-0.1, -0.05) is 55.0 Å². The van der Waals surface area contributed by atoms with Crippen LogP contribution >= 0.6 is 11.3 Å². The molecular weight excluding hydrogens is 362 g/mol. The number of nitrogens with zero attached hydrogens (tertiary/aromatic N) is 4. The molecule has 0 aliphatic carbocycles. The highest BCUT2D eigenvalue weighted by Gasteiger charge is 2.11. The van der Waals surface area contributed by atoms with Crippen LogP contribution in [0.4, 0.5) is 5.13 Å². The zero-order chi connectivity index (χ0) is 19.2. The lowest BCUT2D eigenvalue weighted by atomic mass is 10.2. The van der Waals surface area contributed by atoms with Crippen molar-refractivity contribution in [3.05, 3.63) is 58.0 Å². The highest BCUT2D eigenvalue weighted by Crippen LogP contribution is 2.17. The zero-order valence-corrected chi connectivity index (χ0v) is 16.3. The van der Waals surface area contributed by atoms with E-state index in [9.17, 15) is 9.59 Å². The van der Waals surface area contributed by atoms with Crippen LogP contribution in [0.25, 0.3) is 4.96 Å². The topological polar surface area (TPSA) is 79.6 Å². The van der Waals surface area contributed by atoms with Crippen molar-refractivity contribution in [1.29, 1.82) is 0 Å². The fraction of sp³-hybridized carbons (Fsp3) is 0.368. The summed E-state index contributed by atoms with van der Waals surface area (Å²) in [5.41, 5.74) is 1.71. The molecule has 0 radical (unpaired) electrons. The Kier molecular flexibility index (Phi) is 6.18. The molecule has 0 fully saturated rings. The van der Waals surface area contributed by atoms with E-state index in [0.717, 1.165) is 24.1 Å². The third-order valence-corrected chi connectivity index (χ3v) is 4.97. The molecule has 8 heteroatoms. The number of fused-ring (bicyclic) bond motifs is 1. The number of rotatable bonds is 8. The van der Waals surface area contributed by atoms with Gasteiger partial charge in [-0.15, -0.1) is 5.10 Å². The zero-order valence-electron chi connectivity index (χ0n) is 15.5. The number of amides is 1. The van der Waals surface area contributed by atoms with Gasteiger partial charge in [0.25, 0.3) is 5.56 Å². The van der Waals surface area contributed by atoms with Crippen LogP contribution in [0, 0.1) is 0 Å². The monoisotopic (exact) mass is 385 g/mol. The number of benzene rings is 1. The summed E-state index contributed by atoms with van der Waals surface area (Å²) in [5.74, 6) is 0.0491. The van der Waals surface area contributed by atoms with Gasteiger partial charge in [0.2, 0.25) is 16.0 Å². The Hall–Kier alpha value is -2.74. The first kappa shape index (κ1) is 19.0. The van der Waals surface area contributed by atoms with Crippen molar-refractivity contribution in [3.63, 3.8) is 0 Å². The van der Waals surface area contributed by atoms with E-state index in [-0.39, 0.29) is 11.5 Å². The summed E-state index contributed by atoms with van der Waals surface area (Å²) < 4.78 is 1.30. The molecule has 142 valence electrons. The highest BCUT2D eigenvalue weighted by molar-refractivity contribution is 7.20. The highest BCUT2D eigenvalue weighted by atomic mass is 32.1. The van der Waals surface area contributed by atoms with E-state index in [0.29, 0.717) is 29.6 Å². The quantitative estimate of drug-likeness (QED) is 0.645. The van der Waals surface area contributed by atoms with E-state index in [1.165, 1.54) is 21.9 Å². The molecule has 0 aliphatic rings. The Labute approximate surface area is 161 Å². The van der Waals surface area contributed by atoms with E-state index >= 15 is 0 Å². The van der Waals surface area contributed by atoms with Gasteiger partial charge in [-0.2, -0.15) is 4.52 Å². The first-order valence-corrected chi connectivity index (χ1v) is 9.80. The summed E-state index contributed by atoms with van der Waals surface area (Å²) in [6.07, 6.45) is 2.06. The maximum Gasteiger partial charge on any atom is 0.275 e. The molecular formula is C19H23N5O2S. The molecule has 0 bridgehead atoms. The molecule has 0 aliphatic heterocycles.